The zero-order chi connectivity index (χ0) is 13.5. The number of methoxy groups -OCH3 is 1. The molecule has 0 saturated carbocycles. The van der Waals surface area contributed by atoms with E-state index in [0.29, 0.717) is 5.56 Å². The van der Waals surface area contributed by atoms with E-state index in [0.717, 1.165) is 6.08 Å². The molecule has 4 nitrogen and oxygen atoms in total. The van der Waals surface area contributed by atoms with Crippen LogP contribution in [0.5, 0.6) is 0 Å². The predicted molar refractivity (Wildman–Crippen MR) is 63.5 cm³/mol. The zero-order valence-corrected chi connectivity index (χ0v) is 10.1. The molecule has 0 bridgehead atoms. The van der Waals surface area contributed by atoms with Crippen molar-refractivity contribution in [1.29, 1.82) is 0 Å². The van der Waals surface area contributed by atoms with Crippen LogP contribution >= 0.6 is 0 Å². The number of halogens is 1. The van der Waals surface area contributed by atoms with Crippen LogP contribution in [0.4, 0.5) is 4.39 Å². The van der Waals surface area contributed by atoms with Gasteiger partial charge in [-0.25, -0.2) is 14.0 Å². The maximum absolute atomic E-state index is 13.6. The van der Waals surface area contributed by atoms with Gasteiger partial charge in [0.2, 0.25) is 0 Å². The Morgan fingerprint density at radius 2 is 1.78 bits per heavy atom. The summed E-state index contributed by atoms with van der Waals surface area (Å²) in [7, 11) is 1.26. The summed E-state index contributed by atoms with van der Waals surface area (Å²) in [5.41, 5.74) is 0.501. The van der Waals surface area contributed by atoms with Crippen molar-refractivity contribution in [3.05, 3.63) is 41.5 Å². The quantitative estimate of drug-likeness (QED) is 0.609. The molecule has 0 aliphatic rings. The second-order valence-electron chi connectivity index (χ2n) is 3.31. The summed E-state index contributed by atoms with van der Waals surface area (Å²) >= 11 is 0. The van der Waals surface area contributed by atoms with Gasteiger partial charge in [-0.2, -0.15) is 0 Å². The highest BCUT2D eigenvalue weighted by atomic mass is 19.1. The van der Waals surface area contributed by atoms with Gasteiger partial charge in [0.1, 0.15) is 5.83 Å². The third kappa shape index (κ3) is 3.69. The molecule has 96 valence electrons. The van der Waals surface area contributed by atoms with E-state index in [4.69, 9.17) is 0 Å². The second kappa shape index (κ2) is 6.54. The van der Waals surface area contributed by atoms with Gasteiger partial charge in [-0.3, -0.25) is 0 Å². The molecule has 0 atom stereocenters. The average molecular weight is 252 g/mol. The lowest BCUT2D eigenvalue weighted by atomic mass is 10.1. The number of rotatable bonds is 4. The van der Waals surface area contributed by atoms with Gasteiger partial charge in [0.25, 0.3) is 0 Å². The molecule has 5 heteroatoms. The van der Waals surface area contributed by atoms with Crippen LogP contribution in [0.2, 0.25) is 0 Å². The van der Waals surface area contributed by atoms with Gasteiger partial charge in [0.05, 0.1) is 25.4 Å². The molecule has 0 aromatic heterocycles. The SMILES string of the molecule is CCOC(=O)/C=C(/F)c1ccc(C(=O)OC)cc1. The van der Waals surface area contributed by atoms with Crippen molar-refractivity contribution in [3.8, 4) is 0 Å². The molecule has 0 N–H and O–H groups in total. The largest absolute Gasteiger partial charge is 0.465 e. The van der Waals surface area contributed by atoms with Gasteiger partial charge in [0, 0.05) is 5.56 Å². The Hall–Kier alpha value is -2.17. The number of ether oxygens (including phenoxy) is 2. The van der Waals surface area contributed by atoms with Crippen molar-refractivity contribution in [2.24, 2.45) is 0 Å². The summed E-state index contributed by atoms with van der Waals surface area (Å²) < 4.78 is 22.7. The van der Waals surface area contributed by atoms with Gasteiger partial charge >= 0.3 is 11.9 Å². The predicted octanol–water partition coefficient (Wildman–Crippen LogP) is 2.35. The summed E-state index contributed by atoms with van der Waals surface area (Å²) in [6.07, 6.45) is 0.761. The van der Waals surface area contributed by atoms with Gasteiger partial charge < -0.3 is 9.47 Å². The number of carbonyl (C=O) groups excluding carboxylic acids is 2. The van der Waals surface area contributed by atoms with Gasteiger partial charge in [0.15, 0.2) is 0 Å². The molecule has 0 amide bonds. The summed E-state index contributed by atoms with van der Waals surface area (Å²) in [6.45, 7) is 1.82. The van der Waals surface area contributed by atoms with Crippen molar-refractivity contribution in [2.45, 2.75) is 6.92 Å². The molecular weight excluding hydrogens is 239 g/mol. The van der Waals surface area contributed by atoms with Crippen LogP contribution in [0.3, 0.4) is 0 Å². The van der Waals surface area contributed by atoms with E-state index in [1.165, 1.54) is 31.4 Å². The highest BCUT2D eigenvalue weighted by Crippen LogP contribution is 2.17. The first kappa shape index (κ1) is 13.9. The molecule has 0 aliphatic heterocycles. The maximum atomic E-state index is 13.6. The number of hydrogen-bond acceptors (Lipinski definition) is 4. The van der Waals surface area contributed by atoms with Crippen molar-refractivity contribution >= 4 is 17.8 Å². The Labute approximate surface area is 104 Å². The first-order valence-corrected chi connectivity index (χ1v) is 5.31. The molecule has 0 saturated heterocycles. The fourth-order valence-electron chi connectivity index (χ4n) is 1.25. The maximum Gasteiger partial charge on any atom is 0.337 e. The molecule has 18 heavy (non-hydrogen) atoms. The van der Waals surface area contributed by atoms with Crippen molar-refractivity contribution < 1.29 is 23.5 Å². The van der Waals surface area contributed by atoms with Crippen LogP contribution in [-0.2, 0) is 14.3 Å². The standard InChI is InChI=1S/C13H13FO4/c1-3-18-12(15)8-11(14)9-4-6-10(7-5-9)13(16)17-2/h4-8H,3H2,1-2H3/b11-8+. The minimum absolute atomic E-state index is 0.184. The van der Waals surface area contributed by atoms with E-state index in [2.05, 4.69) is 9.47 Å². The highest BCUT2D eigenvalue weighted by molar-refractivity contribution is 5.91. The van der Waals surface area contributed by atoms with E-state index in [9.17, 15) is 14.0 Å². The van der Waals surface area contributed by atoms with Crippen LogP contribution < -0.4 is 0 Å². The second-order valence-corrected chi connectivity index (χ2v) is 3.31. The van der Waals surface area contributed by atoms with Gasteiger partial charge in [-0.15, -0.1) is 0 Å². The molecule has 1 aromatic carbocycles. The fraction of sp³-hybridized carbons (Fsp3) is 0.231. The lowest BCUT2D eigenvalue weighted by molar-refractivity contribution is -0.137. The zero-order valence-electron chi connectivity index (χ0n) is 10.1. The van der Waals surface area contributed by atoms with Crippen molar-refractivity contribution in [1.82, 2.24) is 0 Å². The van der Waals surface area contributed by atoms with E-state index in [-0.39, 0.29) is 12.2 Å². The van der Waals surface area contributed by atoms with Crippen LogP contribution in [0.25, 0.3) is 5.83 Å². The molecule has 0 heterocycles. The minimum Gasteiger partial charge on any atom is -0.465 e. The van der Waals surface area contributed by atoms with E-state index in [1.54, 1.807) is 6.92 Å². The highest BCUT2D eigenvalue weighted by Gasteiger charge is 2.08. The Morgan fingerprint density at radius 3 is 2.28 bits per heavy atom. The fourth-order valence-corrected chi connectivity index (χ4v) is 1.25. The van der Waals surface area contributed by atoms with Crippen LogP contribution in [0.1, 0.15) is 22.8 Å². The normalized spacial score (nSPS) is 10.9. The first-order chi connectivity index (χ1) is 8.58. The van der Waals surface area contributed by atoms with Crippen LogP contribution in [0, 0.1) is 0 Å². The summed E-state index contributed by atoms with van der Waals surface area (Å²) in [4.78, 5) is 22.2. The number of hydrogen-bond donors (Lipinski definition) is 0. The molecule has 1 rings (SSSR count). The molecule has 0 aliphatic carbocycles. The lowest BCUT2D eigenvalue weighted by Gasteiger charge is -2.01. The van der Waals surface area contributed by atoms with Crippen molar-refractivity contribution in [2.75, 3.05) is 13.7 Å². The number of benzene rings is 1. The molecule has 0 fully saturated rings. The Morgan fingerprint density at radius 1 is 1.22 bits per heavy atom. The van der Waals surface area contributed by atoms with E-state index in [1.807, 2.05) is 0 Å². The Kier molecular flexibility index (Phi) is 5.05. The third-order valence-electron chi connectivity index (χ3n) is 2.11. The summed E-state index contributed by atoms with van der Waals surface area (Å²) in [5.74, 6) is -1.96. The Bertz CT molecular complexity index is 462. The third-order valence-corrected chi connectivity index (χ3v) is 2.11. The first-order valence-electron chi connectivity index (χ1n) is 5.31. The monoisotopic (exact) mass is 252 g/mol. The van der Waals surface area contributed by atoms with Gasteiger partial charge in [-0.05, 0) is 19.1 Å². The molecular formula is C13H13FO4. The molecule has 0 unspecified atom stereocenters. The van der Waals surface area contributed by atoms with Crippen molar-refractivity contribution in [3.63, 3.8) is 0 Å². The Balaban J connectivity index is 2.85. The van der Waals surface area contributed by atoms with E-state index >= 15 is 0 Å². The molecule has 1 aromatic rings. The van der Waals surface area contributed by atoms with Crippen LogP contribution in [-0.4, -0.2) is 25.7 Å². The minimum atomic E-state index is -0.743. The number of carbonyl (C=O) groups is 2. The summed E-state index contributed by atoms with van der Waals surface area (Å²) in [6, 6.07) is 5.61. The number of esters is 2. The summed E-state index contributed by atoms with van der Waals surface area (Å²) in [5, 5.41) is 0. The topological polar surface area (TPSA) is 52.6 Å². The van der Waals surface area contributed by atoms with Gasteiger partial charge in [-0.1, -0.05) is 12.1 Å². The van der Waals surface area contributed by atoms with E-state index < -0.39 is 17.8 Å². The molecule has 0 radical (unpaired) electrons. The van der Waals surface area contributed by atoms with Crippen LogP contribution in [0.15, 0.2) is 30.3 Å². The lowest BCUT2D eigenvalue weighted by Crippen LogP contribution is -2.01. The average Bonchev–Trinajstić information content (AvgIpc) is 2.38. The molecule has 0 spiro atoms. The smallest absolute Gasteiger partial charge is 0.337 e.